The van der Waals surface area contributed by atoms with E-state index < -0.39 is 0 Å². The number of rotatable bonds is 4. The molecule has 0 aliphatic rings. The quantitative estimate of drug-likeness (QED) is 0.911. The lowest BCUT2D eigenvalue weighted by atomic mass is 10.1. The molecular formula is C15H18BrN3O2. The number of benzene rings is 1. The SMILES string of the molecule is C[C@@H](NCc1cn(C)c(=O)n(C)c1=O)c1cccc(Br)c1. The fourth-order valence-corrected chi connectivity index (χ4v) is 2.58. The fourth-order valence-electron chi connectivity index (χ4n) is 2.16. The van der Waals surface area contributed by atoms with E-state index in [1.807, 2.05) is 31.2 Å². The first-order chi connectivity index (χ1) is 9.90. The van der Waals surface area contributed by atoms with Crippen LogP contribution in [0, 0.1) is 0 Å². The Morgan fingerprint density at radius 2 is 2.00 bits per heavy atom. The average Bonchev–Trinajstić information content (AvgIpc) is 2.47. The zero-order valence-corrected chi connectivity index (χ0v) is 13.8. The predicted molar refractivity (Wildman–Crippen MR) is 86.3 cm³/mol. The highest BCUT2D eigenvalue weighted by Gasteiger charge is 2.09. The number of hydrogen-bond acceptors (Lipinski definition) is 3. The highest BCUT2D eigenvalue weighted by Crippen LogP contribution is 2.17. The van der Waals surface area contributed by atoms with Crippen LogP contribution in [0.5, 0.6) is 0 Å². The van der Waals surface area contributed by atoms with Gasteiger partial charge < -0.3 is 9.88 Å². The van der Waals surface area contributed by atoms with Gasteiger partial charge in [0.15, 0.2) is 0 Å². The van der Waals surface area contributed by atoms with Crippen molar-refractivity contribution in [3.8, 4) is 0 Å². The Morgan fingerprint density at radius 1 is 1.29 bits per heavy atom. The second kappa shape index (κ2) is 6.41. The third kappa shape index (κ3) is 3.51. The number of aromatic nitrogens is 2. The molecule has 21 heavy (non-hydrogen) atoms. The summed E-state index contributed by atoms with van der Waals surface area (Å²) in [5.74, 6) is 0. The van der Waals surface area contributed by atoms with Crippen LogP contribution < -0.4 is 16.6 Å². The van der Waals surface area contributed by atoms with E-state index in [-0.39, 0.29) is 17.3 Å². The van der Waals surface area contributed by atoms with Crippen molar-refractivity contribution in [3.05, 3.63) is 66.9 Å². The Bertz CT molecular complexity index is 764. The molecule has 2 rings (SSSR count). The smallest absolute Gasteiger partial charge is 0.306 e. The van der Waals surface area contributed by atoms with Crippen molar-refractivity contribution in [3.63, 3.8) is 0 Å². The van der Waals surface area contributed by atoms with Gasteiger partial charge in [0, 0.05) is 42.9 Å². The summed E-state index contributed by atoms with van der Waals surface area (Å²) >= 11 is 3.45. The van der Waals surface area contributed by atoms with Crippen molar-refractivity contribution in [1.82, 2.24) is 14.5 Å². The summed E-state index contributed by atoms with van der Waals surface area (Å²) in [4.78, 5) is 23.7. The summed E-state index contributed by atoms with van der Waals surface area (Å²) in [5.41, 5.74) is 1.13. The summed E-state index contributed by atoms with van der Waals surface area (Å²) in [6.07, 6.45) is 1.59. The Kier molecular flexibility index (Phi) is 4.80. The van der Waals surface area contributed by atoms with Crippen LogP contribution in [0.1, 0.15) is 24.1 Å². The molecule has 1 atom stereocenters. The van der Waals surface area contributed by atoms with Crippen molar-refractivity contribution in [2.45, 2.75) is 19.5 Å². The summed E-state index contributed by atoms with van der Waals surface area (Å²) in [7, 11) is 3.13. The fraction of sp³-hybridized carbons (Fsp3) is 0.333. The number of nitrogens with zero attached hydrogens (tertiary/aromatic N) is 2. The van der Waals surface area contributed by atoms with Gasteiger partial charge in [0.2, 0.25) is 0 Å². The van der Waals surface area contributed by atoms with Gasteiger partial charge in [-0.1, -0.05) is 28.1 Å². The minimum Gasteiger partial charge on any atom is -0.306 e. The van der Waals surface area contributed by atoms with Gasteiger partial charge in [0.25, 0.3) is 5.56 Å². The molecule has 0 spiro atoms. The van der Waals surface area contributed by atoms with Crippen molar-refractivity contribution >= 4 is 15.9 Å². The highest BCUT2D eigenvalue weighted by atomic mass is 79.9. The molecule has 0 aliphatic carbocycles. The van der Waals surface area contributed by atoms with Gasteiger partial charge in [-0.3, -0.25) is 9.36 Å². The van der Waals surface area contributed by atoms with Crippen LogP contribution in [-0.4, -0.2) is 9.13 Å². The Balaban J connectivity index is 2.17. The molecule has 1 N–H and O–H groups in total. The van der Waals surface area contributed by atoms with E-state index in [9.17, 15) is 9.59 Å². The average molecular weight is 352 g/mol. The molecule has 1 heterocycles. The maximum absolute atomic E-state index is 12.0. The maximum Gasteiger partial charge on any atom is 0.330 e. The second-order valence-corrected chi connectivity index (χ2v) is 5.99. The molecular weight excluding hydrogens is 334 g/mol. The van der Waals surface area contributed by atoms with Crippen molar-refractivity contribution in [1.29, 1.82) is 0 Å². The van der Waals surface area contributed by atoms with E-state index in [2.05, 4.69) is 21.2 Å². The zero-order chi connectivity index (χ0) is 15.6. The lowest BCUT2D eigenvalue weighted by molar-refractivity contribution is 0.558. The molecule has 0 radical (unpaired) electrons. The molecule has 5 nitrogen and oxygen atoms in total. The molecule has 0 bridgehead atoms. The first-order valence-electron chi connectivity index (χ1n) is 6.64. The molecule has 0 saturated carbocycles. The van der Waals surface area contributed by atoms with Crippen LogP contribution in [0.4, 0.5) is 0 Å². The van der Waals surface area contributed by atoms with Crippen molar-refractivity contribution < 1.29 is 0 Å². The molecule has 2 aromatic rings. The summed E-state index contributed by atoms with van der Waals surface area (Å²) in [5, 5.41) is 3.31. The molecule has 0 aliphatic heterocycles. The Labute approximate surface area is 131 Å². The zero-order valence-electron chi connectivity index (χ0n) is 12.3. The lowest BCUT2D eigenvalue weighted by Gasteiger charge is -2.15. The van der Waals surface area contributed by atoms with E-state index in [0.29, 0.717) is 12.1 Å². The monoisotopic (exact) mass is 351 g/mol. The third-order valence-electron chi connectivity index (χ3n) is 3.46. The van der Waals surface area contributed by atoms with Gasteiger partial charge in [-0.05, 0) is 24.6 Å². The first kappa shape index (κ1) is 15.7. The molecule has 112 valence electrons. The molecule has 0 amide bonds. The van der Waals surface area contributed by atoms with Crippen LogP contribution in [0.3, 0.4) is 0 Å². The van der Waals surface area contributed by atoms with Gasteiger partial charge in [-0.25, -0.2) is 4.79 Å². The van der Waals surface area contributed by atoms with E-state index in [1.54, 1.807) is 13.2 Å². The predicted octanol–water partition coefficient (Wildman–Crippen LogP) is 1.70. The molecule has 0 fully saturated rings. The van der Waals surface area contributed by atoms with E-state index >= 15 is 0 Å². The summed E-state index contributed by atoms with van der Waals surface area (Å²) in [6, 6.07) is 8.11. The van der Waals surface area contributed by atoms with Gasteiger partial charge >= 0.3 is 5.69 Å². The molecule has 0 saturated heterocycles. The first-order valence-corrected chi connectivity index (χ1v) is 7.44. The number of halogens is 1. The number of aryl methyl sites for hydroxylation is 1. The van der Waals surface area contributed by atoms with Crippen LogP contribution in [0.2, 0.25) is 0 Å². The molecule has 1 aromatic heterocycles. The molecule has 1 aromatic carbocycles. The normalized spacial score (nSPS) is 12.4. The minimum atomic E-state index is -0.316. The number of nitrogens with one attached hydrogen (secondary N) is 1. The summed E-state index contributed by atoms with van der Waals surface area (Å²) < 4.78 is 3.56. The largest absolute Gasteiger partial charge is 0.330 e. The van der Waals surface area contributed by atoms with Gasteiger partial charge in [0.05, 0.1) is 0 Å². The maximum atomic E-state index is 12.0. The van der Waals surface area contributed by atoms with Crippen molar-refractivity contribution in [2.24, 2.45) is 14.1 Å². The van der Waals surface area contributed by atoms with Crippen molar-refractivity contribution in [2.75, 3.05) is 0 Å². The van der Waals surface area contributed by atoms with Gasteiger partial charge in [0.1, 0.15) is 0 Å². The molecule has 0 unspecified atom stereocenters. The molecule has 6 heteroatoms. The summed E-state index contributed by atoms with van der Waals surface area (Å²) in [6.45, 7) is 2.45. The van der Waals surface area contributed by atoms with E-state index in [4.69, 9.17) is 0 Å². The number of hydrogen-bond donors (Lipinski definition) is 1. The van der Waals surface area contributed by atoms with E-state index in [0.717, 1.165) is 14.6 Å². The minimum absolute atomic E-state index is 0.101. The third-order valence-corrected chi connectivity index (χ3v) is 3.96. The topological polar surface area (TPSA) is 56.0 Å². The second-order valence-electron chi connectivity index (χ2n) is 5.07. The Morgan fingerprint density at radius 3 is 2.67 bits per heavy atom. The van der Waals surface area contributed by atoms with Crippen LogP contribution >= 0.6 is 15.9 Å². The highest BCUT2D eigenvalue weighted by molar-refractivity contribution is 9.10. The van der Waals surface area contributed by atoms with Crippen LogP contribution in [0.25, 0.3) is 0 Å². The van der Waals surface area contributed by atoms with Crippen LogP contribution in [0.15, 0.2) is 44.5 Å². The lowest BCUT2D eigenvalue weighted by Crippen LogP contribution is -2.39. The van der Waals surface area contributed by atoms with Gasteiger partial charge in [-0.15, -0.1) is 0 Å². The van der Waals surface area contributed by atoms with Gasteiger partial charge in [-0.2, -0.15) is 0 Å². The Hall–Kier alpha value is -1.66. The van der Waals surface area contributed by atoms with Crippen LogP contribution in [-0.2, 0) is 20.6 Å². The standard InChI is InChI=1S/C15H18BrN3O2/c1-10(11-5-4-6-13(16)7-11)17-8-12-9-18(2)15(21)19(3)14(12)20/h4-7,9-10,17H,8H2,1-3H3/t10-/m1/s1. The van der Waals surface area contributed by atoms with E-state index in [1.165, 1.54) is 11.6 Å².